The van der Waals surface area contributed by atoms with Crippen molar-refractivity contribution in [3.63, 3.8) is 0 Å². The molecule has 0 radical (unpaired) electrons. The Morgan fingerprint density at radius 1 is 0.952 bits per heavy atom. The lowest BCUT2D eigenvalue weighted by molar-refractivity contribution is 0.0962. The second-order valence-corrected chi connectivity index (χ2v) is 4.76. The molecule has 21 heavy (non-hydrogen) atoms. The maximum Gasteiger partial charge on any atom is 0.271 e. The van der Waals surface area contributed by atoms with Crippen LogP contribution in [0.4, 0.5) is 18.9 Å². The summed E-state index contributed by atoms with van der Waals surface area (Å²) in [7, 11) is 0. The van der Waals surface area contributed by atoms with Gasteiger partial charge in [-0.15, -0.1) is 0 Å². The van der Waals surface area contributed by atoms with E-state index >= 15 is 0 Å². The Kier molecular flexibility index (Phi) is 4.59. The second-order valence-electron chi connectivity index (χ2n) is 3.95. The van der Waals surface area contributed by atoms with Gasteiger partial charge in [-0.2, -0.15) is 0 Å². The van der Waals surface area contributed by atoms with Crippen LogP contribution in [0.25, 0.3) is 0 Å². The third-order valence-electron chi connectivity index (χ3n) is 2.50. The molecule has 110 valence electrons. The Labute approximate surface area is 127 Å². The minimum absolute atomic E-state index is 0.0692. The highest BCUT2D eigenvalue weighted by Gasteiger charge is 2.14. The molecule has 2 aromatic carbocycles. The number of amides is 1. The van der Waals surface area contributed by atoms with E-state index in [2.05, 4.69) is 10.9 Å². The first kappa shape index (κ1) is 15.5. The van der Waals surface area contributed by atoms with Gasteiger partial charge < -0.3 is 0 Å². The molecule has 0 atom stereocenters. The standard InChI is InChI=1S/C13H7Cl2F3N2O/c14-8-5-9(15)10(17)4-7(8)13(21)20-19-12-2-1-6(16)3-11(12)18/h1-5,19H,(H,20,21). The summed E-state index contributed by atoms with van der Waals surface area (Å²) < 4.78 is 39.4. The topological polar surface area (TPSA) is 41.1 Å². The lowest BCUT2D eigenvalue weighted by Crippen LogP contribution is -2.30. The van der Waals surface area contributed by atoms with Gasteiger partial charge in [-0.05, 0) is 24.3 Å². The summed E-state index contributed by atoms with van der Waals surface area (Å²) in [5.41, 5.74) is 4.02. The highest BCUT2D eigenvalue weighted by atomic mass is 35.5. The Hall–Kier alpha value is -1.92. The number of nitrogens with one attached hydrogen (secondary N) is 2. The first-order chi connectivity index (χ1) is 9.88. The SMILES string of the molecule is O=C(NNc1ccc(F)cc1F)c1cc(F)c(Cl)cc1Cl. The number of hydrazine groups is 1. The smallest absolute Gasteiger partial charge is 0.271 e. The number of rotatable bonds is 3. The number of carbonyl (C=O) groups excluding carboxylic acids is 1. The van der Waals surface area contributed by atoms with Gasteiger partial charge in [0, 0.05) is 6.07 Å². The molecule has 1 amide bonds. The van der Waals surface area contributed by atoms with Crippen LogP contribution < -0.4 is 10.9 Å². The first-order valence-electron chi connectivity index (χ1n) is 5.54. The molecule has 0 bridgehead atoms. The van der Waals surface area contributed by atoms with Crippen LogP contribution in [0.1, 0.15) is 10.4 Å². The Balaban J connectivity index is 2.13. The zero-order valence-electron chi connectivity index (χ0n) is 10.2. The van der Waals surface area contributed by atoms with Gasteiger partial charge in [0.25, 0.3) is 5.91 Å². The summed E-state index contributed by atoms with van der Waals surface area (Å²) in [4.78, 5) is 11.8. The maximum absolute atomic E-state index is 13.3. The number of hydrogen-bond donors (Lipinski definition) is 2. The van der Waals surface area contributed by atoms with Crippen LogP contribution in [0.15, 0.2) is 30.3 Å². The van der Waals surface area contributed by atoms with E-state index in [0.717, 1.165) is 24.3 Å². The van der Waals surface area contributed by atoms with Gasteiger partial charge in [-0.1, -0.05) is 23.2 Å². The number of carbonyl (C=O) groups is 1. The molecule has 2 rings (SSSR count). The molecule has 0 spiro atoms. The molecule has 2 aromatic rings. The molecular formula is C13H7Cl2F3N2O. The molecular weight excluding hydrogens is 328 g/mol. The molecule has 0 saturated heterocycles. The van der Waals surface area contributed by atoms with Crippen molar-refractivity contribution in [2.75, 3.05) is 5.43 Å². The van der Waals surface area contributed by atoms with E-state index in [0.29, 0.717) is 6.07 Å². The van der Waals surface area contributed by atoms with E-state index in [1.807, 2.05) is 0 Å². The number of halogens is 5. The van der Waals surface area contributed by atoms with Gasteiger partial charge in [0.15, 0.2) is 5.82 Å². The summed E-state index contributed by atoms with van der Waals surface area (Å²) in [5, 5.41) is -0.297. The van der Waals surface area contributed by atoms with Crippen LogP contribution in [-0.4, -0.2) is 5.91 Å². The molecule has 0 aromatic heterocycles. The molecule has 0 aliphatic heterocycles. The van der Waals surface area contributed by atoms with Crippen molar-refractivity contribution in [3.8, 4) is 0 Å². The first-order valence-corrected chi connectivity index (χ1v) is 6.30. The van der Waals surface area contributed by atoms with Crippen molar-refractivity contribution in [2.45, 2.75) is 0 Å². The number of benzene rings is 2. The van der Waals surface area contributed by atoms with Crippen molar-refractivity contribution in [2.24, 2.45) is 0 Å². The summed E-state index contributed by atoms with van der Waals surface area (Å²) >= 11 is 11.3. The molecule has 0 heterocycles. The third-order valence-corrected chi connectivity index (χ3v) is 3.10. The minimum Gasteiger partial charge on any atom is -0.295 e. The van der Waals surface area contributed by atoms with Crippen LogP contribution in [0, 0.1) is 17.5 Å². The molecule has 8 heteroatoms. The zero-order valence-corrected chi connectivity index (χ0v) is 11.7. The van der Waals surface area contributed by atoms with E-state index in [-0.39, 0.29) is 21.3 Å². The largest absolute Gasteiger partial charge is 0.295 e. The Morgan fingerprint density at radius 3 is 2.33 bits per heavy atom. The lowest BCUT2D eigenvalue weighted by Gasteiger charge is -2.10. The number of anilines is 1. The van der Waals surface area contributed by atoms with E-state index < -0.39 is 23.4 Å². The number of hydrogen-bond acceptors (Lipinski definition) is 2. The molecule has 0 saturated carbocycles. The summed E-state index contributed by atoms with van der Waals surface area (Å²) in [6.07, 6.45) is 0. The van der Waals surface area contributed by atoms with Crippen molar-refractivity contribution >= 4 is 34.8 Å². The molecule has 3 nitrogen and oxygen atoms in total. The maximum atomic E-state index is 13.3. The van der Waals surface area contributed by atoms with Gasteiger partial charge >= 0.3 is 0 Å². The highest BCUT2D eigenvalue weighted by Crippen LogP contribution is 2.24. The fourth-order valence-electron chi connectivity index (χ4n) is 1.48. The van der Waals surface area contributed by atoms with Crippen molar-refractivity contribution < 1.29 is 18.0 Å². The molecule has 0 fully saturated rings. The average Bonchev–Trinajstić information content (AvgIpc) is 2.41. The lowest BCUT2D eigenvalue weighted by atomic mass is 10.2. The second kappa shape index (κ2) is 6.24. The van der Waals surface area contributed by atoms with Crippen LogP contribution in [0.3, 0.4) is 0 Å². The predicted octanol–water partition coefficient (Wildman–Crippen LogP) is 4.17. The Bertz CT molecular complexity index is 710. The van der Waals surface area contributed by atoms with E-state index in [9.17, 15) is 18.0 Å². The average molecular weight is 335 g/mol. The van der Waals surface area contributed by atoms with Crippen LogP contribution in [0.2, 0.25) is 10.0 Å². The quantitative estimate of drug-likeness (QED) is 0.653. The van der Waals surface area contributed by atoms with Crippen molar-refractivity contribution in [1.82, 2.24) is 5.43 Å². The minimum atomic E-state index is -0.899. The van der Waals surface area contributed by atoms with E-state index in [1.54, 1.807) is 0 Å². The van der Waals surface area contributed by atoms with Gasteiger partial charge in [-0.3, -0.25) is 15.6 Å². The molecule has 2 N–H and O–H groups in total. The van der Waals surface area contributed by atoms with Crippen LogP contribution in [-0.2, 0) is 0 Å². The van der Waals surface area contributed by atoms with Crippen molar-refractivity contribution in [1.29, 1.82) is 0 Å². The third kappa shape index (κ3) is 3.59. The summed E-state index contributed by atoms with van der Waals surface area (Å²) in [6.45, 7) is 0. The van der Waals surface area contributed by atoms with E-state index in [1.165, 1.54) is 0 Å². The predicted molar refractivity (Wildman–Crippen MR) is 73.9 cm³/mol. The normalized spacial score (nSPS) is 10.3. The Morgan fingerprint density at radius 2 is 1.67 bits per heavy atom. The fraction of sp³-hybridized carbons (Fsp3) is 0. The molecule has 0 aliphatic rings. The van der Waals surface area contributed by atoms with Crippen molar-refractivity contribution in [3.05, 3.63) is 63.4 Å². The van der Waals surface area contributed by atoms with E-state index in [4.69, 9.17) is 23.2 Å². The van der Waals surface area contributed by atoms with Gasteiger partial charge in [0.1, 0.15) is 11.6 Å². The molecule has 0 unspecified atom stereocenters. The van der Waals surface area contributed by atoms with Gasteiger partial charge in [0.2, 0.25) is 0 Å². The van der Waals surface area contributed by atoms with Gasteiger partial charge in [-0.25, -0.2) is 13.2 Å². The summed E-state index contributed by atoms with van der Waals surface area (Å²) in [6, 6.07) is 4.67. The fourth-order valence-corrected chi connectivity index (χ4v) is 1.95. The van der Waals surface area contributed by atoms with Crippen LogP contribution in [0.5, 0.6) is 0 Å². The summed E-state index contributed by atoms with van der Waals surface area (Å²) in [5.74, 6) is -3.28. The van der Waals surface area contributed by atoms with Gasteiger partial charge in [0.05, 0.1) is 21.3 Å². The zero-order chi connectivity index (χ0) is 15.6. The highest BCUT2D eigenvalue weighted by molar-refractivity contribution is 6.36. The van der Waals surface area contributed by atoms with Crippen LogP contribution >= 0.6 is 23.2 Å². The monoisotopic (exact) mass is 334 g/mol. The molecule has 0 aliphatic carbocycles.